The molecule has 0 radical (unpaired) electrons. The third-order valence-corrected chi connectivity index (χ3v) is 7.10. The largest absolute Gasteiger partial charge is 0.493 e. The second kappa shape index (κ2) is 8.06. The van der Waals surface area contributed by atoms with Crippen molar-refractivity contribution in [2.45, 2.75) is 25.5 Å². The molecule has 5 rings (SSSR count). The molecule has 2 atom stereocenters. The minimum Gasteiger partial charge on any atom is -0.493 e. The molecule has 0 unspecified atom stereocenters. The third-order valence-electron chi connectivity index (χ3n) is 7.10. The van der Waals surface area contributed by atoms with Gasteiger partial charge < -0.3 is 18.9 Å². The zero-order chi connectivity index (χ0) is 22.3. The van der Waals surface area contributed by atoms with E-state index in [-0.39, 0.29) is 0 Å². The van der Waals surface area contributed by atoms with Crippen molar-refractivity contribution in [2.24, 2.45) is 0 Å². The molecular weight excluding hydrogens is 402 g/mol. The van der Waals surface area contributed by atoms with E-state index in [2.05, 4.69) is 43.4 Å². The number of benzene rings is 3. The Labute approximate surface area is 189 Å². The zero-order valence-corrected chi connectivity index (χ0v) is 19.2. The summed E-state index contributed by atoms with van der Waals surface area (Å²) in [6.45, 7) is 1.55. The number of rotatable bonds is 6. The van der Waals surface area contributed by atoms with Crippen molar-refractivity contribution in [3.05, 3.63) is 76.9 Å². The van der Waals surface area contributed by atoms with Crippen molar-refractivity contribution >= 4 is 5.69 Å². The Bertz CT molecular complexity index is 1140. The molecule has 0 saturated carbocycles. The SMILES string of the molecule is COc1cc2c(cc1OC)[N@@+]1(C)CCc3cc(OC)c(OCc4ccccc4)cc3[C@H]1C2. The van der Waals surface area contributed by atoms with Crippen LogP contribution in [-0.2, 0) is 19.4 Å². The molecule has 5 heteroatoms. The normalized spacial score (nSPS) is 20.7. The number of hydrogen-bond donors (Lipinski definition) is 0. The molecule has 0 N–H and O–H groups in total. The number of methoxy groups -OCH3 is 3. The first kappa shape index (κ1) is 20.7. The van der Waals surface area contributed by atoms with E-state index in [0.29, 0.717) is 12.6 Å². The van der Waals surface area contributed by atoms with Crippen LogP contribution in [0.2, 0.25) is 0 Å². The molecule has 166 valence electrons. The Kier molecular flexibility index (Phi) is 5.22. The van der Waals surface area contributed by atoms with Crippen LogP contribution >= 0.6 is 0 Å². The van der Waals surface area contributed by atoms with E-state index in [4.69, 9.17) is 18.9 Å². The van der Waals surface area contributed by atoms with Crippen LogP contribution in [0.4, 0.5) is 5.69 Å². The quantitative estimate of drug-likeness (QED) is 0.509. The maximum atomic E-state index is 6.24. The molecule has 2 heterocycles. The smallest absolute Gasteiger partial charge is 0.166 e. The average Bonchev–Trinajstić information content (AvgIpc) is 3.13. The highest BCUT2D eigenvalue weighted by atomic mass is 16.5. The third kappa shape index (κ3) is 3.28. The highest BCUT2D eigenvalue weighted by Gasteiger charge is 2.48. The summed E-state index contributed by atoms with van der Waals surface area (Å²) in [6.07, 6.45) is 1.95. The maximum absolute atomic E-state index is 6.24. The molecular formula is C27H30NO4+. The van der Waals surface area contributed by atoms with Crippen LogP contribution in [-0.4, -0.2) is 34.9 Å². The summed E-state index contributed by atoms with van der Waals surface area (Å²) in [4.78, 5) is 0. The van der Waals surface area contributed by atoms with Gasteiger partial charge in [-0.15, -0.1) is 0 Å². The highest BCUT2D eigenvalue weighted by Crippen LogP contribution is 2.53. The van der Waals surface area contributed by atoms with Gasteiger partial charge in [0.2, 0.25) is 0 Å². The number of quaternary nitrogens is 1. The molecule has 0 amide bonds. The molecule has 0 saturated heterocycles. The highest BCUT2D eigenvalue weighted by molar-refractivity contribution is 5.66. The fourth-order valence-electron chi connectivity index (χ4n) is 5.33. The molecule has 3 aromatic carbocycles. The van der Waals surface area contributed by atoms with Crippen LogP contribution < -0.4 is 23.4 Å². The topological polar surface area (TPSA) is 36.9 Å². The first-order chi connectivity index (χ1) is 15.6. The van der Waals surface area contributed by atoms with Crippen LogP contribution in [0.1, 0.15) is 28.3 Å². The number of nitrogens with zero attached hydrogens (tertiary/aromatic N) is 1. The Morgan fingerprint density at radius 1 is 0.812 bits per heavy atom. The molecule has 5 nitrogen and oxygen atoms in total. The van der Waals surface area contributed by atoms with E-state index in [9.17, 15) is 0 Å². The standard InChI is InChI=1S/C27H30NO4/c1-28-11-10-19-13-25(30-3)27(32-17-18-8-6-5-7-9-18)15-21(19)23(28)12-20-14-24(29-2)26(31-4)16-22(20)28/h5-9,13-16,23H,10-12,17H2,1-4H3/q+1/t23-,28-/m1/s1. The van der Waals surface area contributed by atoms with Crippen LogP contribution in [0, 0.1) is 0 Å². The summed E-state index contributed by atoms with van der Waals surface area (Å²) in [7, 11) is 7.44. The maximum Gasteiger partial charge on any atom is 0.166 e. The summed E-state index contributed by atoms with van der Waals surface area (Å²) in [5.74, 6) is 3.18. The van der Waals surface area contributed by atoms with E-state index < -0.39 is 0 Å². The van der Waals surface area contributed by atoms with Crippen LogP contribution in [0.5, 0.6) is 23.0 Å². The van der Waals surface area contributed by atoms with Gasteiger partial charge in [0, 0.05) is 30.0 Å². The summed E-state index contributed by atoms with van der Waals surface area (Å²) in [5, 5.41) is 0. The lowest BCUT2D eigenvalue weighted by Crippen LogP contribution is -2.50. The molecule has 0 spiro atoms. The minimum atomic E-state index is 0.329. The predicted molar refractivity (Wildman–Crippen MR) is 126 cm³/mol. The summed E-state index contributed by atoms with van der Waals surface area (Å²) >= 11 is 0. The van der Waals surface area contributed by atoms with Gasteiger partial charge in [0.15, 0.2) is 23.0 Å². The first-order valence-electron chi connectivity index (χ1n) is 11.1. The van der Waals surface area contributed by atoms with Gasteiger partial charge in [0.25, 0.3) is 0 Å². The van der Waals surface area contributed by atoms with Gasteiger partial charge in [-0.25, -0.2) is 0 Å². The first-order valence-corrected chi connectivity index (χ1v) is 11.1. The van der Waals surface area contributed by atoms with E-state index >= 15 is 0 Å². The number of ether oxygens (including phenoxy) is 4. The van der Waals surface area contributed by atoms with E-state index in [0.717, 1.165) is 52.4 Å². The van der Waals surface area contributed by atoms with Gasteiger partial charge in [0.1, 0.15) is 18.3 Å². The van der Waals surface area contributed by atoms with Gasteiger partial charge in [0.05, 0.1) is 34.9 Å². The molecule has 0 aliphatic carbocycles. The van der Waals surface area contributed by atoms with Gasteiger partial charge in [-0.1, -0.05) is 30.3 Å². The van der Waals surface area contributed by atoms with Gasteiger partial charge in [-0.05, 0) is 29.3 Å². The van der Waals surface area contributed by atoms with E-state index in [1.807, 2.05) is 18.2 Å². The molecule has 32 heavy (non-hydrogen) atoms. The zero-order valence-electron chi connectivity index (χ0n) is 19.2. The fourth-order valence-corrected chi connectivity index (χ4v) is 5.33. The molecule has 0 bridgehead atoms. The lowest BCUT2D eigenvalue weighted by Gasteiger charge is -2.41. The van der Waals surface area contributed by atoms with Crippen molar-refractivity contribution in [3.63, 3.8) is 0 Å². The average molecular weight is 433 g/mol. The van der Waals surface area contributed by atoms with Crippen molar-refractivity contribution < 1.29 is 18.9 Å². The van der Waals surface area contributed by atoms with Crippen LogP contribution in [0.3, 0.4) is 0 Å². The van der Waals surface area contributed by atoms with Crippen molar-refractivity contribution in [1.82, 2.24) is 4.48 Å². The van der Waals surface area contributed by atoms with Gasteiger partial charge in [-0.3, -0.25) is 4.48 Å². The van der Waals surface area contributed by atoms with E-state index in [1.165, 1.54) is 22.4 Å². The van der Waals surface area contributed by atoms with Crippen molar-refractivity contribution in [3.8, 4) is 23.0 Å². The van der Waals surface area contributed by atoms with Gasteiger partial charge >= 0.3 is 0 Å². The fraction of sp³-hybridized carbons (Fsp3) is 0.333. The molecule has 0 aromatic heterocycles. The molecule has 0 fully saturated rings. The Hall–Kier alpha value is -3.18. The summed E-state index contributed by atoms with van der Waals surface area (Å²) < 4.78 is 24.0. The lowest BCUT2D eigenvalue weighted by molar-refractivity contribution is 0.247. The molecule has 3 aromatic rings. The number of likely N-dealkylation sites (N-methyl/N-ethyl adjacent to an activating group) is 1. The van der Waals surface area contributed by atoms with Crippen molar-refractivity contribution in [2.75, 3.05) is 34.9 Å². The second-order valence-corrected chi connectivity index (χ2v) is 8.77. The number of fused-ring (bicyclic) bond motifs is 5. The Morgan fingerprint density at radius 3 is 2.19 bits per heavy atom. The van der Waals surface area contributed by atoms with Crippen LogP contribution in [0.25, 0.3) is 0 Å². The van der Waals surface area contributed by atoms with E-state index in [1.54, 1.807) is 21.3 Å². The molecule has 2 aliphatic rings. The second-order valence-electron chi connectivity index (χ2n) is 8.77. The predicted octanol–water partition coefficient (Wildman–Crippen LogP) is 5.08. The summed E-state index contributed by atoms with van der Waals surface area (Å²) in [5.41, 5.74) is 6.48. The Balaban J connectivity index is 1.52. The Morgan fingerprint density at radius 2 is 1.47 bits per heavy atom. The lowest BCUT2D eigenvalue weighted by atomic mass is 9.90. The number of hydrogen-bond acceptors (Lipinski definition) is 4. The van der Waals surface area contributed by atoms with Gasteiger partial charge in [-0.2, -0.15) is 0 Å². The monoisotopic (exact) mass is 432 g/mol. The minimum absolute atomic E-state index is 0.329. The van der Waals surface area contributed by atoms with Crippen molar-refractivity contribution in [1.29, 1.82) is 0 Å². The van der Waals surface area contributed by atoms with Crippen LogP contribution in [0.15, 0.2) is 54.6 Å². The molecule has 2 aliphatic heterocycles. The summed E-state index contributed by atoms with van der Waals surface area (Å²) in [6, 6.07) is 19.2.